The number of nitrogens with one attached hydrogen (secondary N) is 3. The maximum atomic E-state index is 11.5. The summed E-state index contributed by atoms with van der Waals surface area (Å²) < 4.78 is 49.6. The number of hydrogen-bond donors (Lipinski definition) is 3. The van der Waals surface area contributed by atoms with Crippen molar-refractivity contribution in [2.24, 2.45) is 0 Å². The molecule has 3 N–H and O–H groups in total. The Kier molecular flexibility index (Phi) is 10.3. The molecule has 0 radical (unpaired) electrons. The van der Waals surface area contributed by atoms with Gasteiger partial charge in [-0.1, -0.05) is 0 Å². The second-order valence-electron chi connectivity index (χ2n) is 3.65. The summed E-state index contributed by atoms with van der Waals surface area (Å²) in [5.74, 6) is -0.320. The third-order valence-electron chi connectivity index (χ3n) is 2.18. The fourth-order valence-electron chi connectivity index (χ4n) is 0.860. The Bertz CT molecular complexity index is 410. The number of sulfonamides is 2. The lowest BCUT2D eigenvalue weighted by Crippen LogP contribution is -2.40. The van der Waals surface area contributed by atoms with Gasteiger partial charge in [-0.15, -0.1) is 12.4 Å². The van der Waals surface area contributed by atoms with E-state index in [1.165, 1.54) is 6.92 Å². The van der Waals surface area contributed by atoms with Crippen molar-refractivity contribution < 1.29 is 16.8 Å². The molecule has 0 fully saturated rings. The predicted molar refractivity (Wildman–Crippen MR) is 75.0 cm³/mol. The molecule has 0 saturated heterocycles. The first-order chi connectivity index (χ1) is 7.72. The first-order valence-electron chi connectivity index (χ1n) is 5.34. The highest BCUT2D eigenvalue weighted by Gasteiger charge is 2.13. The van der Waals surface area contributed by atoms with Crippen molar-refractivity contribution in [3.8, 4) is 0 Å². The van der Waals surface area contributed by atoms with Crippen LogP contribution in [0.1, 0.15) is 13.8 Å². The Hall–Kier alpha value is 0.0700. The third kappa shape index (κ3) is 10.0. The molecule has 112 valence electrons. The molecular formula is C8H22ClN3O4S2. The average molecular weight is 324 g/mol. The maximum Gasteiger partial charge on any atom is 0.212 e. The van der Waals surface area contributed by atoms with Gasteiger partial charge in [0.1, 0.15) is 0 Å². The van der Waals surface area contributed by atoms with Crippen molar-refractivity contribution >= 4 is 32.5 Å². The molecule has 1 unspecified atom stereocenters. The van der Waals surface area contributed by atoms with E-state index in [0.29, 0.717) is 0 Å². The molecule has 0 spiro atoms. The Morgan fingerprint density at radius 1 is 1.06 bits per heavy atom. The van der Waals surface area contributed by atoms with Crippen LogP contribution in [0.2, 0.25) is 0 Å². The molecule has 1 atom stereocenters. The minimum atomic E-state index is -3.43. The highest BCUT2D eigenvalue weighted by Crippen LogP contribution is 1.87. The molecule has 0 amide bonds. The van der Waals surface area contributed by atoms with E-state index in [2.05, 4.69) is 14.8 Å². The van der Waals surface area contributed by atoms with Gasteiger partial charge in [0.05, 0.1) is 11.5 Å². The highest BCUT2D eigenvalue weighted by molar-refractivity contribution is 7.90. The van der Waals surface area contributed by atoms with Crippen LogP contribution >= 0.6 is 12.4 Å². The second kappa shape index (κ2) is 9.05. The van der Waals surface area contributed by atoms with E-state index in [-0.39, 0.29) is 43.0 Å². The summed E-state index contributed by atoms with van der Waals surface area (Å²) in [6.07, 6.45) is 0. The summed E-state index contributed by atoms with van der Waals surface area (Å²) in [7, 11) is -5.04. The van der Waals surface area contributed by atoms with Crippen LogP contribution in [0.25, 0.3) is 0 Å². The summed E-state index contributed by atoms with van der Waals surface area (Å²) in [5.41, 5.74) is 0. The number of hydrogen-bond acceptors (Lipinski definition) is 5. The van der Waals surface area contributed by atoms with Gasteiger partial charge < -0.3 is 5.32 Å². The average Bonchev–Trinajstić information content (AvgIpc) is 2.25. The Morgan fingerprint density at radius 3 is 2.06 bits per heavy atom. The molecule has 7 nitrogen and oxygen atoms in total. The van der Waals surface area contributed by atoms with E-state index < -0.39 is 20.0 Å². The predicted octanol–water partition coefficient (Wildman–Crippen LogP) is -1.13. The van der Waals surface area contributed by atoms with Gasteiger partial charge in [-0.2, -0.15) is 0 Å². The summed E-state index contributed by atoms with van der Waals surface area (Å²) >= 11 is 0. The van der Waals surface area contributed by atoms with Crippen molar-refractivity contribution in [1.29, 1.82) is 0 Å². The molecule has 0 aromatic carbocycles. The van der Waals surface area contributed by atoms with Gasteiger partial charge in [0.25, 0.3) is 0 Å². The topological polar surface area (TPSA) is 104 Å². The molecule has 0 aliphatic carbocycles. The van der Waals surface area contributed by atoms with Crippen LogP contribution in [0.4, 0.5) is 0 Å². The molecule has 0 bridgehead atoms. The van der Waals surface area contributed by atoms with E-state index in [1.807, 2.05) is 6.92 Å². The zero-order valence-corrected chi connectivity index (χ0v) is 13.2. The van der Waals surface area contributed by atoms with Crippen molar-refractivity contribution in [2.45, 2.75) is 19.9 Å². The summed E-state index contributed by atoms with van der Waals surface area (Å²) in [6, 6.07) is 0.0251. The Balaban J connectivity index is 0. The number of likely N-dealkylation sites (N-methyl/N-ethyl adjacent to an activating group) is 1. The van der Waals surface area contributed by atoms with Gasteiger partial charge in [-0.3, -0.25) is 0 Å². The molecule has 0 heterocycles. The van der Waals surface area contributed by atoms with Crippen molar-refractivity contribution in [3.63, 3.8) is 0 Å². The van der Waals surface area contributed by atoms with Gasteiger partial charge in [0, 0.05) is 19.1 Å². The Morgan fingerprint density at radius 2 is 1.61 bits per heavy atom. The molecule has 0 aromatic heterocycles. The molecule has 0 aliphatic heterocycles. The zero-order chi connectivity index (χ0) is 13.5. The molecule has 0 rings (SSSR count). The van der Waals surface area contributed by atoms with Crippen LogP contribution in [0, 0.1) is 0 Å². The van der Waals surface area contributed by atoms with Crippen LogP contribution in [0.3, 0.4) is 0 Å². The second-order valence-corrected chi connectivity index (χ2v) is 7.68. The lowest BCUT2D eigenvalue weighted by atomic mass is 10.4. The van der Waals surface area contributed by atoms with Gasteiger partial charge >= 0.3 is 0 Å². The van der Waals surface area contributed by atoms with Gasteiger partial charge in [0.15, 0.2) is 0 Å². The molecule has 10 heteroatoms. The fourth-order valence-corrected chi connectivity index (χ4v) is 2.63. The lowest BCUT2D eigenvalue weighted by Gasteiger charge is -2.12. The SMILES string of the molecule is CCS(=O)(=O)NCCS(=O)(=O)NCC(C)NC.Cl. The van der Waals surface area contributed by atoms with Crippen LogP contribution in [-0.2, 0) is 20.0 Å². The van der Waals surface area contributed by atoms with Crippen LogP contribution < -0.4 is 14.8 Å². The maximum absolute atomic E-state index is 11.5. The minimum Gasteiger partial charge on any atom is -0.316 e. The summed E-state index contributed by atoms with van der Waals surface area (Å²) in [4.78, 5) is 0. The van der Waals surface area contributed by atoms with E-state index in [0.717, 1.165) is 0 Å². The Labute approximate surface area is 116 Å². The monoisotopic (exact) mass is 323 g/mol. The zero-order valence-electron chi connectivity index (χ0n) is 10.8. The molecule has 0 saturated carbocycles. The summed E-state index contributed by atoms with van der Waals surface area (Å²) in [6.45, 7) is 3.49. The molecule has 18 heavy (non-hydrogen) atoms. The molecule has 0 aromatic rings. The van der Waals surface area contributed by atoms with Crippen molar-refractivity contribution in [3.05, 3.63) is 0 Å². The third-order valence-corrected chi connectivity index (χ3v) is 4.93. The van der Waals surface area contributed by atoms with E-state index >= 15 is 0 Å². The van der Waals surface area contributed by atoms with Gasteiger partial charge in [0.2, 0.25) is 20.0 Å². The number of rotatable bonds is 9. The highest BCUT2D eigenvalue weighted by atomic mass is 35.5. The van der Waals surface area contributed by atoms with Crippen LogP contribution in [-0.4, -0.2) is 54.5 Å². The molecular weight excluding hydrogens is 302 g/mol. The fraction of sp³-hybridized carbons (Fsp3) is 1.00. The quantitative estimate of drug-likeness (QED) is 0.498. The van der Waals surface area contributed by atoms with Crippen molar-refractivity contribution in [1.82, 2.24) is 14.8 Å². The summed E-state index contributed by atoms with van der Waals surface area (Å²) in [5, 5.41) is 2.89. The standard InChI is InChI=1S/C8H21N3O4S2.ClH/c1-4-16(12,13)10-5-6-17(14,15)11-7-8(2)9-3;/h8-11H,4-7H2,1-3H3;1H. The van der Waals surface area contributed by atoms with E-state index in [1.54, 1.807) is 7.05 Å². The van der Waals surface area contributed by atoms with Gasteiger partial charge in [-0.05, 0) is 20.9 Å². The van der Waals surface area contributed by atoms with Crippen LogP contribution in [0.5, 0.6) is 0 Å². The van der Waals surface area contributed by atoms with E-state index in [9.17, 15) is 16.8 Å². The normalized spacial score (nSPS) is 13.9. The van der Waals surface area contributed by atoms with E-state index in [4.69, 9.17) is 0 Å². The first kappa shape index (κ1) is 20.4. The first-order valence-corrected chi connectivity index (χ1v) is 8.65. The number of halogens is 1. The van der Waals surface area contributed by atoms with Crippen molar-refractivity contribution in [2.75, 3.05) is 31.6 Å². The van der Waals surface area contributed by atoms with Gasteiger partial charge in [-0.25, -0.2) is 26.3 Å². The lowest BCUT2D eigenvalue weighted by molar-refractivity contribution is 0.553. The largest absolute Gasteiger partial charge is 0.316 e. The molecule has 0 aliphatic rings. The smallest absolute Gasteiger partial charge is 0.212 e. The minimum absolute atomic E-state index is 0. The van der Waals surface area contributed by atoms with Crippen LogP contribution in [0.15, 0.2) is 0 Å².